The van der Waals surface area contributed by atoms with Crippen LogP contribution in [0, 0.1) is 0 Å². The van der Waals surface area contributed by atoms with E-state index in [0.29, 0.717) is 24.3 Å². The van der Waals surface area contributed by atoms with E-state index in [9.17, 15) is 0 Å². The third-order valence-corrected chi connectivity index (χ3v) is 3.59. The molecule has 3 fully saturated rings. The summed E-state index contributed by atoms with van der Waals surface area (Å²) in [5.74, 6) is 0. The second-order valence-corrected chi connectivity index (χ2v) is 4.44. The molecule has 3 rings (SSSR count). The number of rotatable bonds is 1. The van der Waals surface area contributed by atoms with Gasteiger partial charge < -0.3 is 9.64 Å². The first-order valence-electron chi connectivity index (χ1n) is 4.83. The van der Waals surface area contributed by atoms with Crippen LogP contribution in [0.1, 0.15) is 6.42 Å². The van der Waals surface area contributed by atoms with Crippen LogP contribution in [-0.4, -0.2) is 61.3 Å². The molecule has 3 saturated heterocycles. The number of likely N-dealkylation sites (N-methyl/N-ethyl adjacent to an activating group) is 1. The molecule has 0 saturated carbocycles. The van der Waals surface area contributed by atoms with E-state index in [-0.39, 0.29) is 0 Å². The molecule has 0 aromatic carbocycles. The van der Waals surface area contributed by atoms with Crippen molar-refractivity contribution in [2.75, 3.05) is 27.2 Å². The molecule has 0 amide bonds. The maximum atomic E-state index is 5.94. The van der Waals surface area contributed by atoms with Crippen LogP contribution in [-0.2, 0) is 4.74 Å². The topological polar surface area (TPSA) is 15.7 Å². The largest absolute Gasteiger partial charge is 0.370 e. The summed E-state index contributed by atoms with van der Waals surface area (Å²) in [7, 11) is 4.34. The minimum Gasteiger partial charge on any atom is -0.370 e. The van der Waals surface area contributed by atoms with Crippen LogP contribution in [0.3, 0.4) is 0 Å². The highest BCUT2D eigenvalue weighted by Gasteiger charge is 2.57. The Morgan fingerprint density at radius 2 is 2.17 bits per heavy atom. The summed E-state index contributed by atoms with van der Waals surface area (Å²) < 4.78 is 5.94. The van der Waals surface area contributed by atoms with Gasteiger partial charge in [-0.25, -0.2) is 0 Å². The maximum absolute atomic E-state index is 5.94. The second-order valence-electron chi connectivity index (χ2n) is 4.44. The van der Waals surface area contributed by atoms with Crippen LogP contribution in [0.15, 0.2) is 0 Å². The summed E-state index contributed by atoms with van der Waals surface area (Å²) in [5.41, 5.74) is 0. The fourth-order valence-corrected chi connectivity index (χ4v) is 3.19. The highest BCUT2D eigenvalue weighted by molar-refractivity contribution is 5.11. The molecule has 3 aliphatic rings. The van der Waals surface area contributed by atoms with Crippen molar-refractivity contribution in [1.29, 1.82) is 0 Å². The van der Waals surface area contributed by atoms with Gasteiger partial charge in [0.15, 0.2) is 0 Å². The average Bonchev–Trinajstić information content (AvgIpc) is 2.54. The van der Waals surface area contributed by atoms with Crippen molar-refractivity contribution in [2.24, 2.45) is 0 Å². The molecule has 3 aliphatic heterocycles. The lowest BCUT2D eigenvalue weighted by molar-refractivity contribution is 0.00583. The Morgan fingerprint density at radius 1 is 1.33 bits per heavy atom. The van der Waals surface area contributed by atoms with Gasteiger partial charge in [-0.2, -0.15) is 0 Å². The number of hydrogen-bond acceptors (Lipinski definition) is 3. The van der Waals surface area contributed by atoms with Crippen LogP contribution in [0.4, 0.5) is 0 Å². The predicted octanol–water partition coefficient (Wildman–Crippen LogP) is -0.228. The van der Waals surface area contributed by atoms with Gasteiger partial charge in [0.05, 0.1) is 24.3 Å². The number of morpholine rings is 1. The van der Waals surface area contributed by atoms with Crippen molar-refractivity contribution in [3.05, 3.63) is 0 Å². The van der Waals surface area contributed by atoms with E-state index in [1.807, 2.05) is 0 Å². The molecule has 0 radical (unpaired) electrons. The third kappa shape index (κ3) is 0.721. The van der Waals surface area contributed by atoms with Crippen molar-refractivity contribution in [1.82, 2.24) is 9.80 Å². The first-order valence-corrected chi connectivity index (χ1v) is 4.83. The van der Waals surface area contributed by atoms with Crippen LogP contribution in [0.25, 0.3) is 0 Å². The SMILES string of the molecule is CN(C)[C@@H]1C2[C@@H]3CCN2C[C@H]1O3. The van der Waals surface area contributed by atoms with Gasteiger partial charge in [0.2, 0.25) is 0 Å². The van der Waals surface area contributed by atoms with E-state index < -0.39 is 0 Å². The van der Waals surface area contributed by atoms with Gasteiger partial charge in [0.25, 0.3) is 0 Å². The van der Waals surface area contributed by atoms with Crippen molar-refractivity contribution < 1.29 is 4.74 Å². The Hall–Kier alpha value is -0.120. The lowest BCUT2D eigenvalue weighted by Crippen LogP contribution is -2.41. The zero-order chi connectivity index (χ0) is 8.29. The lowest BCUT2D eigenvalue weighted by Gasteiger charge is -2.23. The summed E-state index contributed by atoms with van der Waals surface area (Å²) in [5, 5.41) is 0. The summed E-state index contributed by atoms with van der Waals surface area (Å²) >= 11 is 0. The molecular formula is C9H16N2O. The molecular weight excluding hydrogens is 152 g/mol. The Labute approximate surface area is 73.3 Å². The molecule has 1 unspecified atom stereocenters. The minimum absolute atomic E-state index is 0.498. The normalized spacial score (nSPS) is 51.2. The summed E-state index contributed by atoms with van der Waals surface area (Å²) in [4.78, 5) is 4.93. The quantitative estimate of drug-likeness (QED) is 0.538. The van der Waals surface area contributed by atoms with Crippen LogP contribution in [0.2, 0.25) is 0 Å². The zero-order valence-corrected chi connectivity index (χ0v) is 7.73. The molecule has 2 bridgehead atoms. The first-order chi connectivity index (χ1) is 5.77. The predicted molar refractivity (Wildman–Crippen MR) is 46.1 cm³/mol. The highest BCUT2D eigenvalue weighted by Crippen LogP contribution is 2.41. The Balaban J connectivity index is 1.91. The zero-order valence-electron chi connectivity index (χ0n) is 7.73. The molecule has 3 nitrogen and oxygen atoms in total. The number of hydrogen-bond donors (Lipinski definition) is 0. The maximum Gasteiger partial charge on any atom is 0.0877 e. The van der Waals surface area contributed by atoms with Gasteiger partial charge in [-0.3, -0.25) is 4.90 Å². The Bertz CT molecular complexity index is 193. The molecule has 12 heavy (non-hydrogen) atoms. The molecule has 0 spiro atoms. The first kappa shape index (κ1) is 7.30. The molecule has 0 N–H and O–H groups in total. The highest BCUT2D eigenvalue weighted by atomic mass is 16.5. The number of fused-ring (bicyclic) bond motifs is 1. The van der Waals surface area contributed by atoms with E-state index >= 15 is 0 Å². The molecule has 0 aromatic heterocycles. The van der Waals surface area contributed by atoms with E-state index in [1.165, 1.54) is 19.5 Å². The van der Waals surface area contributed by atoms with Gasteiger partial charge in [0.1, 0.15) is 0 Å². The van der Waals surface area contributed by atoms with Crippen molar-refractivity contribution in [3.8, 4) is 0 Å². The molecule has 3 heterocycles. The molecule has 4 atom stereocenters. The van der Waals surface area contributed by atoms with Crippen LogP contribution in [0.5, 0.6) is 0 Å². The summed E-state index contributed by atoms with van der Waals surface area (Å²) in [6, 6.07) is 1.38. The monoisotopic (exact) mass is 168 g/mol. The molecule has 0 aliphatic carbocycles. The summed E-state index contributed by atoms with van der Waals surface area (Å²) in [6.07, 6.45) is 2.31. The smallest absolute Gasteiger partial charge is 0.0877 e. The number of nitrogens with zero attached hydrogens (tertiary/aromatic N) is 2. The van der Waals surface area contributed by atoms with Gasteiger partial charge in [-0.15, -0.1) is 0 Å². The molecule has 3 heteroatoms. The molecule has 68 valence electrons. The summed E-state index contributed by atoms with van der Waals surface area (Å²) in [6.45, 7) is 2.43. The van der Waals surface area contributed by atoms with E-state index in [2.05, 4.69) is 23.9 Å². The van der Waals surface area contributed by atoms with Crippen LogP contribution >= 0.6 is 0 Å². The fraction of sp³-hybridized carbons (Fsp3) is 1.00. The standard InChI is InChI=1S/C9H16N2O/c1-10(2)8-7-5-11-4-3-6(12-7)9(8)11/h6-9H,3-5H2,1-2H3/t6-,7+,8-,9?/m0/s1. The van der Waals surface area contributed by atoms with Gasteiger partial charge >= 0.3 is 0 Å². The molecule has 0 aromatic rings. The Morgan fingerprint density at radius 3 is 2.75 bits per heavy atom. The number of ether oxygens (including phenoxy) is 1. The van der Waals surface area contributed by atoms with E-state index in [1.54, 1.807) is 0 Å². The Kier molecular flexibility index (Phi) is 1.35. The fourth-order valence-electron chi connectivity index (χ4n) is 3.19. The third-order valence-electron chi connectivity index (χ3n) is 3.59. The van der Waals surface area contributed by atoms with E-state index in [4.69, 9.17) is 4.74 Å². The van der Waals surface area contributed by atoms with Gasteiger partial charge in [-0.1, -0.05) is 0 Å². The lowest BCUT2D eigenvalue weighted by atomic mass is 10.1. The minimum atomic E-state index is 0.498. The van der Waals surface area contributed by atoms with Gasteiger partial charge in [-0.05, 0) is 20.5 Å². The van der Waals surface area contributed by atoms with Crippen molar-refractivity contribution in [2.45, 2.75) is 30.7 Å². The average molecular weight is 168 g/mol. The second kappa shape index (κ2) is 2.22. The van der Waals surface area contributed by atoms with Crippen molar-refractivity contribution in [3.63, 3.8) is 0 Å². The van der Waals surface area contributed by atoms with Crippen molar-refractivity contribution >= 4 is 0 Å². The van der Waals surface area contributed by atoms with E-state index in [0.717, 1.165) is 0 Å². The van der Waals surface area contributed by atoms with Gasteiger partial charge in [0, 0.05) is 13.1 Å². The van der Waals surface area contributed by atoms with Crippen LogP contribution < -0.4 is 0 Å².